The summed E-state index contributed by atoms with van der Waals surface area (Å²) in [5.41, 5.74) is 5.91. The quantitative estimate of drug-likeness (QED) is 0.631. The van der Waals surface area contributed by atoms with Crippen LogP contribution in [0.2, 0.25) is 0 Å². The van der Waals surface area contributed by atoms with E-state index in [0.717, 1.165) is 11.3 Å². The highest BCUT2D eigenvalue weighted by Gasteiger charge is 2.02. The Morgan fingerprint density at radius 3 is 2.41 bits per heavy atom. The van der Waals surface area contributed by atoms with Crippen LogP contribution in [0.15, 0.2) is 24.3 Å². The Hall–Kier alpha value is -1.82. The molecule has 0 saturated heterocycles. The van der Waals surface area contributed by atoms with Crippen molar-refractivity contribution in [2.45, 2.75) is 6.42 Å². The van der Waals surface area contributed by atoms with Crippen LogP contribution in [0.1, 0.15) is 5.56 Å². The minimum Gasteiger partial charge on any atom is -0.497 e. The van der Waals surface area contributed by atoms with Crippen molar-refractivity contribution in [1.82, 2.24) is 10.9 Å². The maximum Gasteiger partial charge on any atom is 0.425 e. The summed E-state index contributed by atoms with van der Waals surface area (Å²) >= 11 is 5.05. The molecule has 2 N–H and O–H groups in total. The molecule has 0 atom stereocenters. The van der Waals surface area contributed by atoms with E-state index >= 15 is 0 Å². The van der Waals surface area contributed by atoms with Crippen LogP contribution in [-0.4, -0.2) is 25.3 Å². The van der Waals surface area contributed by atoms with Gasteiger partial charge in [-0.25, -0.2) is 10.2 Å². The summed E-state index contributed by atoms with van der Waals surface area (Å²) in [5.74, 6) is 0.792. The highest BCUT2D eigenvalue weighted by Crippen LogP contribution is 2.11. The zero-order chi connectivity index (χ0) is 12.7. The summed E-state index contributed by atoms with van der Waals surface area (Å²) in [6, 6.07) is 7.52. The molecule has 17 heavy (non-hydrogen) atoms. The van der Waals surface area contributed by atoms with Crippen LogP contribution in [-0.2, 0) is 11.2 Å². The van der Waals surface area contributed by atoms with Gasteiger partial charge in [0, 0.05) is 6.42 Å². The van der Waals surface area contributed by atoms with E-state index in [1.54, 1.807) is 7.11 Å². The molecule has 0 aliphatic heterocycles. The Kier molecular flexibility index (Phi) is 5.22. The molecule has 5 nitrogen and oxygen atoms in total. The third-order valence-electron chi connectivity index (χ3n) is 2.01. The molecule has 0 aliphatic rings. The molecule has 0 saturated carbocycles. The van der Waals surface area contributed by atoms with Crippen LogP contribution >= 0.6 is 12.2 Å². The summed E-state index contributed by atoms with van der Waals surface area (Å²) in [6.07, 6.45) is -0.0503. The molecule has 0 heterocycles. The molecule has 0 radical (unpaired) electrons. The fraction of sp³-hybridized carbons (Fsp3) is 0.273. The van der Waals surface area contributed by atoms with E-state index < -0.39 is 6.09 Å². The maximum atomic E-state index is 10.8. The first kappa shape index (κ1) is 13.2. The van der Waals surface area contributed by atoms with Crippen LogP contribution < -0.4 is 15.6 Å². The van der Waals surface area contributed by atoms with Gasteiger partial charge < -0.3 is 9.47 Å². The van der Waals surface area contributed by atoms with E-state index in [1.807, 2.05) is 24.3 Å². The lowest BCUT2D eigenvalue weighted by molar-refractivity contribution is 0.169. The number of nitrogens with one attached hydrogen (secondary N) is 2. The number of methoxy groups -OCH3 is 2. The normalized spacial score (nSPS) is 9.29. The largest absolute Gasteiger partial charge is 0.497 e. The minimum absolute atomic E-state index is 0.501. The Labute approximate surface area is 105 Å². The first-order chi connectivity index (χ1) is 8.15. The van der Waals surface area contributed by atoms with Gasteiger partial charge in [-0.3, -0.25) is 5.43 Å². The van der Waals surface area contributed by atoms with E-state index in [-0.39, 0.29) is 0 Å². The Balaban J connectivity index is 2.42. The topological polar surface area (TPSA) is 59.6 Å². The van der Waals surface area contributed by atoms with E-state index in [0.29, 0.717) is 11.4 Å². The molecule has 1 aromatic rings. The Morgan fingerprint density at radius 1 is 1.24 bits per heavy atom. The predicted molar refractivity (Wildman–Crippen MR) is 68.0 cm³/mol. The van der Waals surface area contributed by atoms with Crippen molar-refractivity contribution in [2.24, 2.45) is 0 Å². The highest BCUT2D eigenvalue weighted by atomic mass is 32.1. The number of hydrogen-bond donors (Lipinski definition) is 2. The highest BCUT2D eigenvalue weighted by molar-refractivity contribution is 7.80. The second-order valence-electron chi connectivity index (χ2n) is 3.19. The third-order valence-corrected chi connectivity index (χ3v) is 2.26. The summed E-state index contributed by atoms with van der Waals surface area (Å²) in [6.45, 7) is 0. The molecule has 6 heteroatoms. The van der Waals surface area contributed by atoms with Crippen LogP contribution in [0, 0.1) is 0 Å². The number of carbonyl (C=O) groups is 1. The van der Waals surface area contributed by atoms with Crippen molar-refractivity contribution < 1.29 is 14.3 Å². The number of benzene rings is 1. The van der Waals surface area contributed by atoms with Crippen LogP contribution in [0.4, 0.5) is 4.79 Å². The zero-order valence-electron chi connectivity index (χ0n) is 9.65. The van der Waals surface area contributed by atoms with Crippen molar-refractivity contribution in [2.75, 3.05) is 14.2 Å². The van der Waals surface area contributed by atoms with Crippen molar-refractivity contribution in [3.63, 3.8) is 0 Å². The van der Waals surface area contributed by atoms with Crippen LogP contribution in [0.25, 0.3) is 0 Å². The molecule has 1 amide bonds. The molecule has 1 aromatic carbocycles. The molecule has 92 valence electrons. The molecule has 0 spiro atoms. The zero-order valence-corrected chi connectivity index (χ0v) is 10.5. The fourth-order valence-corrected chi connectivity index (χ4v) is 1.36. The SMILES string of the molecule is COC(=O)NNC(=S)Cc1ccc(OC)cc1. The average Bonchev–Trinajstić information content (AvgIpc) is 2.36. The standard InChI is InChI=1S/C11H14N2O3S/c1-15-9-5-3-8(4-6-9)7-10(17)12-13-11(14)16-2/h3-6H,7H2,1-2H3,(H,12,17)(H,13,14). The molecular weight excluding hydrogens is 240 g/mol. The van der Waals surface area contributed by atoms with E-state index in [2.05, 4.69) is 15.6 Å². The summed E-state index contributed by atoms with van der Waals surface area (Å²) in [7, 11) is 2.89. The monoisotopic (exact) mass is 254 g/mol. The lowest BCUT2D eigenvalue weighted by atomic mass is 10.1. The molecule has 0 aliphatic carbocycles. The summed E-state index contributed by atoms with van der Waals surface area (Å²) in [4.78, 5) is 11.3. The average molecular weight is 254 g/mol. The van der Waals surface area contributed by atoms with Crippen molar-refractivity contribution >= 4 is 23.3 Å². The van der Waals surface area contributed by atoms with Gasteiger partial charge in [-0.2, -0.15) is 0 Å². The van der Waals surface area contributed by atoms with Crippen LogP contribution in [0.5, 0.6) is 5.75 Å². The van der Waals surface area contributed by atoms with Gasteiger partial charge >= 0.3 is 6.09 Å². The molecule has 0 bridgehead atoms. The summed E-state index contributed by atoms with van der Waals surface area (Å²) in [5, 5.41) is 0. The number of thiocarbonyl (C=S) groups is 1. The van der Waals surface area contributed by atoms with Gasteiger partial charge in [0.25, 0.3) is 0 Å². The van der Waals surface area contributed by atoms with E-state index in [1.165, 1.54) is 7.11 Å². The van der Waals surface area contributed by atoms with Crippen molar-refractivity contribution in [3.8, 4) is 5.75 Å². The van der Waals surface area contributed by atoms with E-state index in [9.17, 15) is 4.79 Å². The Morgan fingerprint density at radius 2 is 1.88 bits per heavy atom. The van der Waals surface area contributed by atoms with Gasteiger partial charge in [-0.05, 0) is 17.7 Å². The molecule has 0 unspecified atom stereocenters. The molecule has 0 fully saturated rings. The number of carbonyl (C=O) groups excluding carboxylic acids is 1. The molecule has 1 rings (SSSR count). The van der Waals surface area contributed by atoms with Gasteiger partial charge in [0.2, 0.25) is 0 Å². The molecular formula is C11H14N2O3S. The van der Waals surface area contributed by atoms with E-state index in [4.69, 9.17) is 17.0 Å². The Bertz CT molecular complexity index is 392. The number of amides is 1. The second kappa shape index (κ2) is 6.70. The lowest BCUT2D eigenvalue weighted by Crippen LogP contribution is -2.41. The van der Waals surface area contributed by atoms with Crippen molar-refractivity contribution in [3.05, 3.63) is 29.8 Å². The second-order valence-corrected chi connectivity index (χ2v) is 3.68. The lowest BCUT2D eigenvalue weighted by Gasteiger charge is -2.08. The first-order valence-electron chi connectivity index (χ1n) is 4.91. The maximum absolute atomic E-state index is 10.8. The van der Waals surface area contributed by atoms with Gasteiger partial charge in [-0.1, -0.05) is 24.4 Å². The minimum atomic E-state index is -0.581. The number of rotatable bonds is 3. The van der Waals surface area contributed by atoms with Gasteiger partial charge in [0.15, 0.2) is 0 Å². The number of hydrogen-bond acceptors (Lipinski definition) is 4. The first-order valence-corrected chi connectivity index (χ1v) is 5.32. The molecule has 0 aromatic heterocycles. The van der Waals surface area contributed by atoms with Crippen molar-refractivity contribution in [1.29, 1.82) is 0 Å². The summed E-state index contributed by atoms with van der Waals surface area (Å²) < 4.78 is 9.44. The number of ether oxygens (including phenoxy) is 2. The smallest absolute Gasteiger partial charge is 0.425 e. The van der Waals surface area contributed by atoms with Gasteiger partial charge in [0.05, 0.1) is 19.2 Å². The number of hydrazine groups is 1. The fourth-order valence-electron chi connectivity index (χ4n) is 1.14. The third kappa shape index (κ3) is 4.69. The van der Waals surface area contributed by atoms with Gasteiger partial charge in [0.1, 0.15) is 5.75 Å². The predicted octanol–water partition coefficient (Wildman–Crippen LogP) is 1.43. The van der Waals surface area contributed by atoms with Crippen LogP contribution in [0.3, 0.4) is 0 Å². The van der Waals surface area contributed by atoms with Gasteiger partial charge in [-0.15, -0.1) is 0 Å².